The number of hydrogen-bond donors (Lipinski definition) is 2. The van der Waals surface area contributed by atoms with E-state index in [0.717, 1.165) is 28.3 Å². The number of fused-ring (bicyclic) bond motifs is 1. The van der Waals surface area contributed by atoms with Crippen LogP contribution >= 0.6 is 0 Å². The molecule has 1 atom stereocenters. The van der Waals surface area contributed by atoms with Gasteiger partial charge >= 0.3 is 0 Å². The molecule has 196 valence electrons. The first kappa shape index (κ1) is 26.0. The number of rotatable bonds is 8. The summed E-state index contributed by atoms with van der Waals surface area (Å²) in [4.78, 5) is 29.9. The molecule has 0 unspecified atom stereocenters. The summed E-state index contributed by atoms with van der Waals surface area (Å²) in [5.74, 6) is -1.68. The molecule has 1 heterocycles. The highest BCUT2D eigenvalue weighted by Crippen LogP contribution is 2.34. The SMILES string of the molecule is CC(=O)c1cccc(-c2cccnc2[C@H](Cc2cc(F)cc(F)c2)NC(=O)CC2=CCc3ccc(O)cc32)c1. The number of carbonyl (C=O) groups excluding carboxylic acids is 2. The number of pyridine rings is 1. The number of phenolic OH excluding ortho intramolecular Hbond substituents is 1. The van der Waals surface area contributed by atoms with Gasteiger partial charge in [-0.25, -0.2) is 8.78 Å². The molecular formula is C32H26F2N2O3. The topological polar surface area (TPSA) is 79.3 Å². The fourth-order valence-corrected chi connectivity index (χ4v) is 5.00. The molecule has 0 fully saturated rings. The highest BCUT2D eigenvalue weighted by molar-refractivity contribution is 5.95. The molecule has 3 aromatic carbocycles. The zero-order valence-corrected chi connectivity index (χ0v) is 21.2. The van der Waals surface area contributed by atoms with Crippen molar-refractivity contribution in [3.05, 3.63) is 125 Å². The van der Waals surface area contributed by atoms with Gasteiger partial charge in [0.05, 0.1) is 18.2 Å². The van der Waals surface area contributed by atoms with Crippen molar-refractivity contribution in [3.8, 4) is 16.9 Å². The lowest BCUT2D eigenvalue weighted by atomic mass is 9.94. The zero-order valence-electron chi connectivity index (χ0n) is 21.2. The standard InChI is InChI=1S/C32H26F2N2O3/c1-19(37)22-4-2-5-23(15-22)28-6-3-11-35-32(28)30(14-20-12-25(33)17-26(34)13-20)36-31(39)16-24-8-7-21-9-10-27(38)18-29(21)24/h2-6,8-13,15,17-18,30,38H,7,14,16H2,1H3,(H,36,39)/t30-/m0/s1. The molecule has 4 aromatic rings. The summed E-state index contributed by atoms with van der Waals surface area (Å²) in [6.45, 7) is 1.49. The van der Waals surface area contributed by atoms with E-state index < -0.39 is 17.7 Å². The number of allylic oxidation sites excluding steroid dienone is 1. The van der Waals surface area contributed by atoms with Crippen LogP contribution in [0.2, 0.25) is 0 Å². The molecule has 0 saturated heterocycles. The van der Waals surface area contributed by atoms with Crippen molar-refractivity contribution in [2.75, 3.05) is 0 Å². The van der Waals surface area contributed by atoms with Gasteiger partial charge in [-0.2, -0.15) is 0 Å². The maximum atomic E-state index is 14.0. The van der Waals surface area contributed by atoms with Gasteiger partial charge in [-0.15, -0.1) is 0 Å². The molecule has 0 aliphatic heterocycles. The number of amides is 1. The lowest BCUT2D eigenvalue weighted by Crippen LogP contribution is -2.31. The summed E-state index contributed by atoms with van der Waals surface area (Å²) in [7, 11) is 0. The molecule has 0 spiro atoms. The number of halogens is 2. The summed E-state index contributed by atoms with van der Waals surface area (Å²) in [5.41, 5.74) is 5.48. The monoisotopic (exact) mass is 524 g/mol. The summed E-state index contributed by atoms with van der Waals surface area (Å²) >= 11 is 0. The summed E-state index contributed by atoms with van der Waals surface area (Å²) in [5, 5.41) is 12.9. The van der Waals surface area contributed by atoms with Gasteiger partial charge in [0, 0.05) is 23.4 Å². The number of hydrogen-bond acceptors (Lipinski definition) is 4. The normalized spacial score (nSPS) is 12.9. The van der Waals surface area contributed by atoms with Crippen molar-refractivity contribution >= 4 is 17.3 Å². The Kier molecular flexibility index (Phi) is 7.32. The third-order valence-corrected chi connectivity index (χ3v) is 6.80. The highest BCUT2D eigenvalue weighted by atomic mass is 19.1. The quantitative estimate of drug-likeness (QED) is 0.263. The summed E-state index contributed by atoms with van der Waals surface area (Å²) < 4.78 is 28.1. The average Bonchev–Trinajstić information content (AvgIpc) is 3.29. The van der Waals surface area contributed by atoms with Gasteiger partial charge in [0.25, 0.3) is 0 Å². The Labute approximate surface area is 224 Å². The van der Waals surface area contributed by atoms with Gasteiger partial charge in [0.2, 0.25) is 5.91 Å². The number of Topliss-reactive ketones (excluding diaryl/α,β-unsaturated/α-hetero) is 1. The van der Waals surface area contributed by atoms with E-state index in [9.17, 15) is 23.5 Å². The van der Waals surface area contributed by atoms with Gasteiger partial charge in [-0.05, 0) is 84.0 Å². The van der Waals surface area contributed by atoms with Crippen LogP contribution in [0.4, 0.5) is 8.78 Å². The molecule has 5 nitrogen and oxygen atoms in total. The van der Waals surface area contributed by atoms with Gasteiger partial charge in [-0.1, -0.05) is 36.4 Å². The number of aromatic nitrogens is 1. The Morgan fingerprint density at radius 2 is 1.77 bits per heavy atom. The average molecular weight is 525 g/mol. The number of nitrogens with zero attached hydrogens (tertiary/aromatic N) is 1. The molecule has 5 rings (SSSR count). The number of ketones is 1. The van der Waals surface area contributed by atoms with Crippen LogP contribution in [-0.4, -0.2) is 21.8 Å². The van der Waals surface area contributed by atoms with Crippen LogP contribution in [0, 0.1) is 11.6 Å². The first-order valence-corrected chi connectivity index (χ1v) is 12.6. The molecule has 0 saturated carbocycles. The minimum Gasteiger partial charge on any atom is -0.508 e. The number of benzene rings is 3. The van der Waals surface area contributed by atoms with Crippen LogP contribution in [0.5, 0.6) is 5.75 Å². The number of nitrogens with one attached hydrogen (secondary N) is 1. The number of aromatic hydroxyl groups is 1. The first-order valence-electron chi connectivity index (χ1n) is 12.6. The Hall–Kier alpha value is -4.65. The highest BCUT2D eigenvalue weighted by Gasteiger charge is 2.24. The van der Waals surface area contributed by atoms with Gasteiger partial charge in [0.15, 0.2) is 5.78 Å². The zero-order chi connectivity index (χ0) is 27.5. The lowest BCUT2D eigenvalue weighted by Gasteiger charge is -2.22. The maximum Gasteiger partial charge on any atom is 0.224 e. The van der Waals surface area contributed by atoms with Crippen LogP contribution in [0.15, 0.2) is 85.1 Å². The van der Waals surface area contributed by atoms with Crippen molar-refractivity contribution < 1.29 is 23.5 Å². The summed E-state index contributed by atoms with van der Waals surface area (Å²) in [6.07, 6.45) is 4.37. The van der Waals surface area contributed by atoms with E-state index in [1.807, 2.05) is 24.3 Å². The number of phenols is 1. The van der Waals surface area contributed by atoms with E-state index in [4.69, 9.17) is 0 Å². The predicted octanol–water partition coefficient (Wildman–Crippen LogP) is 6.36. The van der Waals surface area contributed by atoms with Crippen molar-refractivity contribution in [2.45, 2.75) is 32.2 Å². The van der Waals surface area contributed by atoms with Crippen LogP contribution < -0.4 is 5.32 Å². The van der Waals surface area contributed by atoms with Crippen molar-refractivity contribution in [3.63, 3.8) is 0 Å². The second-order valence-corrected chi connectivity index (χ2v) is 9.63. The molecule has 7 heteroatoms. The van der Waals surface area contributed by atoms with Crippen LogP contribution in [0.25, 0.3) is 16.7 Å². The predicted molar refractivity (Wildman–Crippen MR) is 145 cm³/mol. The fraction of sp³-hybridized carbons (Fsp3) is 0.156. The molecule has 1 amide bonds. The fourth-order valence-electron chi connectivity index (χ4n) is 5.00. The van der Waals surface area contributed by atoms with Crippen LogP contribution in [-0.2, 0) is 17.6 Å². The van der Waals surface area contributed by atoms with E-state index in [-0.39, 0.29) is 30.3 Å². The van der Waals surface area contributed by atoms with E-state index >= 15 is 0 Å². The largest absolute Gasteiger partial charge is 0.508 e. The lowest BCUT2D eigenvalue weighted by molar-refractivity contribution is -0.120. The van der Waals surface area contributed by atoms with E-state index in [1.54, 1.807) is 42.6 Å². The minimum absolute atomic E-state index is 0.0620. The van der Waals surface area contributed by atoms with Crippen LogP contribution in [0.3, 0.4) is 0 Å². The summed E-state index contributed by atoms with van der Waals surface area (Å²) in [6, 6.07) is 18.4. The minimum atomic E-state index is -0.721. The molecule has 1 aliphatic rings. The Morgan fingerprint density at radius 3 is 2.54 bits per heavy atom. The second-order valence-electron chi connectivity index (χ2n) is 9.63. The molecule has 2 N–H and O–H groups in total. The molecule has 1 aromatic heterocycles. The Morgan fingerprint density at radius 1 is 0.974 bits per heavy atom. The van der Waals surface area contributed by atoms with Crippen LogP contribution in [0.1, 0.15) is 52.1 Å². The third-order valence-electron chi connectivity index (χ3n) is 6.80. The van der Waals surface area contributed by atoms with Gasteiger partial charge in [0.1, 0.15) is 17.4 Å². The van der Waals surface area contributed by atoms with Gasteiger partial charge in [-0.3, -0.25) is 14.6 Å². The molecule has 1 aliphatic carbocycles. The smallest absolute Gasteiger partial charge is 0.224 e. The van der Waals surface area contributed by atoms with Crippen molar-refractivity contribution in [2.24, 2.45) is 0 Å². The van der Waals surface area contributed by atoms with E-state index in [0.29, 0.717) is 28.8 Å². The molecular weight excluding hydrogens is 498 g/mol. The third kappa shape index (κ3) is 5.93. The van der Waals surface area contributed by atoms with E-state index in [2.05, 4.69) is 10.3 Å². The van der Waals surface area contributed by atoms with Crippen molar-refractivity contribution in [1.29, 1.82) is 0 Å². The molecule has 0 radical (unpaired) electrons. The second kappa shape index (κ2) is 11.0. The van der Waals surface area contributed by atoms with E-state index in [1.165, 1.54) is 19.1 Å². The van der Waals surface area contributed by atoms with Gasteiger partial charge < -0.3 is 10.4 Å². The maximum absolute atomic E-state index is 14.0. The molecule has 39 heavy (non-hydrogen) atoms. The molecule has 0 bridgehead atoms. The Bertz CT molecular complexity index is 1590. The number of carbonyl (C=O) groups is 2. The Balaban J connectivity index is 1.49. The first-order chi connectivity index (χ1) is 18.8. The van der Waals surface area contributed by atoms with Crippen molar-refractivity contribution in [1.82, 2.24) is 10.3 Å².